The van der Waals surface area contributed by atoms with E-state index in [4.69, 9.17) is 0 Å². The summed E-state index contributed by atoms with van der Waals surface area (Å²) in [6.07, 6.45) is 2.36. The van der Waals surface area contributed by atoms with Crippen LogP contribution in [0.1, 0.15) is 19.8 Å². The molecule has 1 aliphatic rings. The second-order valence-electron chi connectivity index (χ2n) is 6.14. The molecule has 2 heterocycles. The van der Waals surface area contributed by atoms with Crippen LogP contribution in [-0.4, -0.2) is 42.2 Å². The number of carbonyl (C=O) groups is 1. The molecule has 0 bridgehead atoms. The number of aromatic nitrogens is 1. The molecule has 1 aromatic heterocycles. The summed E-state index contributed by atoms with van der Waals surface area (Å²) in [6.45, 7) is 6.13. The highest BCUT2D eigenvalue weighted by Gasteiger charge is 2.36. The lowest BCUT2D eigenvalue weighted by atomic mass is 9.90. The van der Waals surface area contributed by atoms with Crippen LogP contribution in [0.4, 0.5) is 0 Å². The highest BCUT2D eigenvalue weighted by molar-refractivity contribution is 7.89. The van der Waals surface area contributed by atoms with Gasteiger partial charge in [0.15, 0.2) is 0 Å². The highest BCUT2D eigenvalue weighted by atomic mass is 32.2. The third-order valence-corrected chi connectivity index (χ3v) is 7.06. The maximum atomic E-state index is 12.8. The monoisotopic (exact) mass is 365 g/mol. The summed E-state index contributed by atoms with van der Waals surface area (Å²) in [5.74, 6) is -0.232. The molecule has 8 heteroatoms. The number of nitrogens with zero attached hydrogens (tertiary/aromatic N) is 2. The van der Waals surface area contributed by atoms with Crippen molar-refractivity contribution in [3.8, 4) is 0 Å². The van der Waals surface area contributed by atoms with Gasteiger partial charge in [-0.25, -0.2) is 13.4 Å². The van der Waals surface area contributed by atoms with Gasteiger partial charge >= 0.3 is 0 Å². The van der Waals surface area contributed by atoms with Crippen LogP contribution >= 0.6 is 11.3 Å². The molecule has 1 N–H and O–H groups in total. The van der Waals surface area contributed by atoms with Gasteiger partial charge in [0.05, 0.1) is 20.6 Å². The molecule has 1 amide bonds. The van der Waals surface area contributed by atoms with Crippen LogP contribution in [0.15, 0.2) is 41.3 Å². The SMILES string of the molecule is C=CC(=O)NC1(C)CCN(S(=O)(=O)c2ccc3ncsc3c2)CC1. The molecule has 3 rings (SSSR count). The average Bonchev–Trinajstić information content (AvgIpc) is 3.02. The number of benzene rings is 1. The van der Waals surface area contributed by atoms with E-state index in [-0.39, 0.29) is 10.8 Å². The van der Waals surface area contributed by atoms with Crippen molar-refractivity contribution in [1.82, 2.24) is 14.6 Å². The van der Waals surface area contributed by atoms with Gasteiger partial charge in [0.2, 0.25) is 15.9 Å². The maximum absolute atomic E-state index is 12.8. The van der Waals surface area contributed by atoms with Gasteiger partial charge in [0.25, 0.3) is 0 Å². The van der Waals surface area contributed by atoms with Crippen molar-refractivity contribution in [2.24, 2.45) is 0 Å². The van der Waals surface area contributed by atoms with Gasteiger partial charge in [-0.05, 0) is 44.0 Å². The van der Waals surface area contributed by atoms with Gasteiger partial charge in [0.1, 0.15) is 0 Å². The van der Waals surface area contributed by atoms with E-state index < -0.39 is 15.6 Å². The number of piperidine rings is 1. The zero-order chi connectivity index (χ0) is 17.4. The zero-order valence-electron chi connectivity index (χ0n) is 13.4. The Bertz CT molecular complexity index is 881. The van der Waals surface area contributed by atoms with Gasteiger partial charge in [0, 0.05) is 18.6 Å². The Kier molecular flexibility index (Phi) is 4.46. The molecule has 1 aromatic carbocycles. The lowest BCUT2D eigenvalue weighted by Gasteiger charge is -2.39. The lowest BCUT2D eigenvalue weighted by Crippen LogP contribution is -2.53. The molecule has 0 aliphatic carbocycles. The molecule has 0 atom stereocenters. The largest absolute Gasteiger partial charge is 0.347 e. The van der Waals surface area contributed by atoms with E-state index >= 15 is 0 Å². The number of carbonyl (C=O) groups excluding carboxylic acids is 1. The quantitative estimate of drug-likeness (QED) is 0.842. The van der Waals surface area contributed by atoms with E-state index in [0.717, 1.165) is 10.2 Å². The normalized spacial score (nSPS) is 18.4. The Morgan fingerprint density at radius 1 is 1.42 bits per heavy atom. The molecule has 6 nitrogen and oxygen atoms in total. The smallest absolute Gasteiger partial charge is 0.243 e. The van der Waals surface area contributed by atoms with Crippen LogP contribution in [-0.2, 0) is 14.8 Å². The van der Waals surface area contributed by atoms with E-state index in [0.29, 0.717) is 25.9 Å². The first-order chi connectivity index (χ1) is 11.3. The van der Waals surface area contributed by atoms with Crippen molar-refractivity contribution < 1.29 is 13.2 Å². The number of sulfonamides is 1. The Balaban J connectivity index is 1.77. The van der Waals surface area contributed by atoms with E-state index in [1.54, 1.807) is 23.7 Å². The Morgan fingerprint density at radius 3 is 2.79 bits per heavy atom. The van der Waals surface area contributed by atoms with E-state index in [9.17, 15) is 13.2 Å². The molecular formula is C16H19N3O3S2. The van der Waals surface area contributed by atoms with Crippen molar-refractivity contribution >= 4 is 37.5 Å². The number of nitrogens with one attached hydrogen (secondary N) is 1. The molecule has 1 aliphatic heterocycles. The van der Waals surface area contributed by atoms with Crippen molar-refractivity contribution in [3.05, 3.63) is 36.4 Å². The van der Waals surface area contributed by atoms with Crippen LogP contribution in [0.3, 0.4) is 0 Å². The van der Waals surface area contributed by atoms with Crippen LogP contribution in [0.2, 0.25) is 0 Å². The first kappa shape index (κ1) is 17.1. The molecule has 0 radical (unpaired) electrons. The Morgan fingerprint density at radius 2 is 2.12 bits per heavy atom. The minimum absolute atomic E-state index is 0.232. The molecule has 2 aromatic rings. The summed E-state index contributed by atoms with van der Waals surface area (Å²) in [5, 5.41) is 2.89. The number of rotatable bonds is 4. The summed E-state index contributed by atoms with van der Waals surface area (Å²) in [7, 11) is -3.54. The second-order valence-corrected chi connectivity index (χ2v) is 8.96. The Hall–Kier alpha value is -1.77. The highest BCUT2D eigenvalue weighted by Crippen LogP contribution is 2.28. The number of hydrogen-bond donors (Lipinski definition) is 1. The number of thiazole rings is 1. The van der Waals surface area contributed by atoms with Gasteiger partial charge in [-0.3, -0.25) is 4.79 Å². The van der Waals surface area contributed by atoms with Gasteiger partial charge in [-0.2, -0.15) is 4.31 Å². The fourth-order valence-corrected chi connectivity index (χ4v) is 5.10. The van der Waals surface area contributed by atoms with Crippen molar-refractivity contribution in [2.45, 2.75) is 30.2 Å². The predicted molar refractivity (Wildman–Crippen MR) is 94.4 cm³/mol. The van der Waals surface area contributed by atoms with Crippen LogP contribution in [0.25, 0.3) is 10.2 Å². The fraction of sp³-hybridized carbons (Fsp3) is 0.375. The van der Waals surface area contributed by atoms with Crippen molar-refractivity contribution in [1.29, 1.82) is 0 Å². The van der Waals surface area contributed by atoms with E-state index in [1.165, 1.54) is 21.7 Å². The molecule has 1 fully saturated rings. The first-order valence-corrected chi connectivity index (χ1v) is 9.94. The predicted octanol–water partition coefficient (Wildman–Crippen LogP) is 2.14. The third kappa shape index (κ3) is 3.22. The molecular weight excluding hydrogens is 346 g/mol. The zero-order valence-corrected chi connectivity index (χ0v) is 15.0. The standard InChI is InChI=1S/C16H19N3O3S2/c1-3-15(20)18-16(2)6-8-19(9-7-16)24(21,22)12-4-5-13-14(10-12)23-11-17-13/h3-5,10-11H,1,6-9H2,2H3,(H,18,20). The molecule has 1 saturated heterocycles. The Labute approximate surface area is 145 Å². The summed E-state index contributed by atoms with van der Waals surface area (Å²) in [5.41, 5.74) is 2.10. The minimum atomic E-state index is -3.54. The van der Waals surface area contributed by atoms with Gasteiger partial charge < -0.3 is 5.32 Å². The van der Waals surface area contributed by atoms with Crippen LogP contribution in [0, 0.1) is 0 Å². The maximum Gasteiger partial charge on any atom is 0.243 e. The summed E-state index contributed by atoms with van der Waals surface area (Å²) >= 11 is 1.42. The van der Waals surface area contributed by atoms with Crippen molar-refractivity contribution in [2.75, 3.05) is 13.1 Å². The molecule has 0 spiro atoms. The van der Waals surface area contributed by atoms with E-state index in [2.05, 4.69) is 16.9 Å². The minimum Gasteiger partial charge on any atom is -0.347 e. The van der Waals surface area contributed by atoms with Gasteiger partial charge in [-0.1, -0.05) is 6.58 Å². The molecule has 0 saturated carbocycles. The first-order valence-electron chi connectivity index (χ1n) is 7.62. The number of hydrogen-bond acceptors (Lipinski definition) is 5. The number of amides is 1. The van der Waals surface area contributed by atoms with Crippen molar-refractivity contribution in [3.63, 3.8) is 0 Å². The van der Waals surface area contributed by atoms with Gasteiger partial charge in [-0.15, -0.1) is 11.3 Å². The fourth-order valence-electron chi connectivity index (χ4n) is 2.84. The summed E-state index contributed by atoms with van der Waals surface area (Å²) < 4.78 is 28.0. The summed E-state index contributed by atoms with van der Waals surface area (Å²) in [6, 6.07) is 5.01. The lowest BCUT2D eigenvalue weighted by molar-refractivity contribution is -0.118. The summed E-state index contributed by atoms with van der Waals surface area (Å²) in [4.78, 5) is 16.0. The second kappa shape index (κ2) is 6.27. The van der Waals surface area contributed by atoms with E-state index in [1.807, 2.05) is 6.92 Å². The molecule has 24 heavy (non-hydrogen) atoms. The van der Waals surface area contributed by atoms with Crippen LogP contribution in [0.5, 0.6) is 0 Å². The molecule has 0 unspecified atom stereocenters. The third-order valence-electron chi connectivity index (χ3n) is 4.38. The topological polar surface area (TPSA) is 79.4 Å². The number of fused-ring (bicyclic) bond motifs is 1. The van der Waals surface area contributed by atoms with Crippen LogP contribution < -0.4 is 5.32 Å². The average molecular weight is 365 g/mol. The molecule has 128 valence electrons.